The fourth-order valence-corrected chi connectivity index (χ4v) is 1.20. The van der Waals surface area contributed by atoms with E-state index in [1.54, 1.807) is 12.1 Å². The molecule has 0 unspecified atom stereocenters. The number of aromatic amines is 1. The van der Waals surface area contributed by atoms with Crippen molar-refractivity contribution in [2.24, 2.45) is 16.0 Å². The molecule has 0 aliphatic rings. The third kappa shape index (κ3) is 2.42. The van der Waals surface area contributed by atoms with Gasteiger partial charge in [-0.15, -0.1) is 10.2 Å². The number of nitrogens with zero attached hydrogens (tertiary/aromatic N) is 3. The van der Waals surface area contributed by atoms with Gasteiger partial charge in [-0.25, -0.2) is 0 Å². The lowest BCUT2D eigenvalue weighted by molar-refractivity contribution is 0.101. The monoisotopic (exact) mass is 249 g/mol. The summed E-state index contributed by atoms with van der Waals surface area (Å²) in [6, 6.07) is 3.16. The molecule has 0 amide bonds. The van der Waals surface area contributed by atoms with Crippen molar-refractivity contribution in [2.45, 2.75) is 0 Å². The fourth-order valence-electron chi connectivity index (χ4n) is 1.16. The summed E-state index contributed by atoms with van der Waals surface area (Å²) in [5.41, 5.74) is 5.40. The van der Waals surface area contributed by atoms with Crippen molar-refractivity contribution in [1.29, 1.82) is 0 Å². The van der Waals surface area contributed by atoms with E-state index in [4.69, 9.17) is 10.2 Å². The van der Waals surface area contributed by atoms with Crippen LogP contribution in [0.3, 0.4) is 0 Å². The Labute approximate surface area is 101 Å². The largest absolute Gasteiger partial charge is 0.461 e. The summed E-state index contributed by atoms with van der Waals surface area (Å²) in [7, 11) is 0. The number of furan rings is 1. The van der Waals surface area contributed by atoms with Gasteiger partial charge >= 0.3 is 0 Å². The number of thiocarbonyl (C=S) groups is 1. The third-order valence-corrected chi connectivity index (χ3v) is 1.94. The van der Waals surface area contributed by atoms with Gasteiger partial charge in [-0.05, 0) is 24.4 Å². The smallest absolute Gasteiger partial charge is 0.233 e. The van der Waals surface area contributed by atoms with Gasteiger partial charge in [0.1, 0.15) is 0 Å². The van der Waals surface area contributed by atoms with Crippen LogP contribution < -0.4 is 5.73 Å². The minimum absolute atomic E-state index is 0.129. The van der Waals surface area contributed by atoms with E-state index in [1.165, 1.54) is 12.5 Å². The first kappa shape index (κ1) is 11.1. The average molecular weight is 249 g/mol. The molecular formula is C9H7N5O2S. The van der Waals surface area contributed by atoms with Crippen molar-refractivity contribution >= 4 is 28.9 Å². The van der Waals surface area contributed by atoms with Gasteiger partial charge < -0.3 is 10.2 Å². The molecule has 2 aromatic heterocycles. The zero-order valence-electron chi connectivity index (χ0n) is 8.45. The van der Waals surface area contributed by atoms with E-state index in [0.717, 1.165) is 0 Å². The molecule has 2 rings (SSSR count). The second-order valence-electron chi connectivity index (χ2n) is 2.98. The molecule has 8 heteroatoms. The summed E-state index contributed by atoms with van der Waals surface area (Å²) in [6.07, 6.45) is 2.74. The van der Waals surface area contributed by atoms with Crippen molar-refractivity contribution in [3.8, 4) is 0 Å². The highest BCUT2D eigenvalue weighted by Gasteiger charge is 2.17. The molecule has 0 aliphatic carbocycles. The van der Waals surface area contributed by atoms with E-state index in [9.17, 15) is 4.79 Å². The van der Waals surface area contributed by atoms with Crippen molar-refractivity contribution in [2.75, 3.05) is 0 Å². The molecule has 86 valence electrons. The Bertz CT molecular complexity index is 572. The standard InChI is InChI=1S/C9H7N5O2S/c10-9(17)14-13-8-5(4-11-12-8)7(15)6-2-1-3-16-6/h1-4H,(H2,10,17)(H,11,12). The molecule has 0 aromatic carbocycles. The predicted molar refractivity (Wildman–Crippen MR) is 62.0 cm³/mol. The number of hydrogen-bond donors (Lipinski definition) is 2. The molecule has 2 heterocycles. The van der Waals surface area contributed by atoms with Gasteiger partial charge in [-0.3, -0.25) is 9.89 Å². The van der Waals surface area contributed by atoms with Crippen LogP contribution in [0.4, 0.5) is 5.82 Å². The highest BCUT2D eigenvalue weighted by molar-refractivity contribution is 7.80. The van der Waals surface area contributed by atoms with Crippen molar-refractivity contribution in [3.05, 3.63) is 35.9 Å². The van der Waals surface area contributed by atoms with E-state index in [0.29, 0.717) is 0 Å². The molecule has 7 nitrogen and oxygen atoms in total. The van der Waals surface area contributed by atoms with E-state index < -0.39 is 0 Å². The zero-order chi connectivity index (χ0) is 12.3. The van der Waals surface area contributed by atoms with Crippen LogP contribution in [0.2, 0.25) is 0 Å². The van der Waals surface area contributed by atoms with Crippen LogP contribution in [0, 0.1) is 0 Å². The van der Waals surface area contributed by atoms with Gasteiger partial charge in [0.05, 0.1) is 18.0 Å². The van der Waals surface area contributed by atoms with Gasteiger partial charge in [0.25, 0.3) is 0 Å². The van der Waals surface area contributed by atoms with Crippen LogP contribution in [-0.4, -0.2) is 21.1 Å². The molecule has 0 saturated heterocycles. The SMILES string of the molecule is NC(=S)N=Nc1[nH]ncc1C(=O)c1ccco1. The molecule has 0 fully saturated rings. The Kier molecular flexibility index (Phi) is 3.06. The van der Waals surface area contributed by atoms with Crippen LogP contribution in [0.5, 0.6) is 0 Å². The lowest BCUT2D eigenvalue weighted by Crippen LogP contribution is -2.02. The van der Waals surface area contributed by atoms with Crippen LogP contribution in [-0.2, 0) is 0 Å². The molecule has 0 aliphatic heterocycles. The maximum atomic E-state index is 11.9. The summed E-state index contributed by atoms with van der Waals surface area (Å²) in [4.78, 5) is 11.9. The molecule has 17 heavy (non-hydrogen) atoms. The Morgan fingerprint density at radius 3 is 3.06 bits per heavy atom. The van der Waals surface area contributed by atoms with Crippen molar-refractivity contribution < 1.29 is 9.21 Å². The summed E-state index contributed by atoms with van der Waals surface area (Å²) in [5, 5.41) is 13.2. The first-order valence-electron chi connectivity index (χ1n) is 4.51. The van der Waals surface area contributed by atoms with Gasteiger partial charge in [0.15, 0.2) is 11.6 Å². The van der Waals surface area contributed by atoms with E-state index >= 15 is 0 Å². The summed E-state index contributed by atoms with van der Waals surface area (Å²) < 4.78 is 4.99. The number of carbonyl (C=O) groups is 1. The lowest BCUT2D eigenvalue weighted by atomic mass is 10.2. The van der Waals surface area contributed by atoms with Crippen LogP contribution in [0.15, 0.2) is 39.2 Å². The maximum absolute atomic E-state index is 11.9. The highest BCUT2D eigenvalue weighted by atomic mass is 32.1. The van der Waals surface area contributed by atoms with E-state index in [1.807, 2.05) is 0 Å². The molecule has 0 radical (unpaired) electrons. The van der Waals surface area contributed by atoms with E-state index in [2.05, 4.69) is 32.6 Å². The average Bonchev–Trinajstić information content (AvgIpc) is 2.96. The van der Waals surface area contributed by atoms with Gasteiger partial charge in [0.2, 0.25) is 10.9 Å². The normalized spacial score (nSPS) is 10.8. The Morgan fingerprint density at radius 1 is 1.59 bits per heavy atom. The predicted octanol–water partition coefficient (Wildman–Crippen LogP) is 1.56. The Balaban J connectivity index is 2.31. The number of nitrogens with two attached hydrogens (primary N) is 1. The lowest BCUT2D eigenvalue weighted by Gasteiger charge is -1.93. The van der Waals surface area contributed by atoms with Gasteiger partial charge in [0, 0.05) is 0 Å². The minimum atomic E-state index is -0.347. The topological polar surface area (TPSA) is 110 Å². The second-order valence-corrected chi connectivity index (χ2v) is 3.40. The summed E-state index contributed by atoms with van der Waals surface area (Å²) in [5.74, 6) is 0.0259. The summed E-state index contributed by atoms with van der Waals surface area (Å²) >= 11 is 4.54. The molecule has 0 atom stereocenters. The molecule has 0 spiro atoms. The number of H-pyrrole nitrogens is 1. The fraction of sp³-hybridized carbons (Fsp3) is 0. The van der Waals surface area contributed by atoms with Gasteiger partial charge in [-0.2, -0.15) is 5.10 Å². The highest BCUT2D eigenvalue weighted by Crippen LogP contribution is 2.19. The Morgan fingerprint density at radius 2 is 2.41 bits per heavy atom. The first-order valence-corrected chi connectivity index (χ1v) is 4.92. The number of aromatic nitrogens is 2. The molecule has 0 saturated carbocycles. The number of nitrogens with one attached hydrogen (secondary N) is 1. The molecular weight excluding hydrogens is 242 g/mol. The molecule has 2 aromatic rings. The first-order chi connectivity index (χ1) is 8.18. The molecule has 0 bridgehead atoms. The number of carbonyl (C=O) groups excluding carboxylic acids is 1. The van der Waals surface area contributed by atoms with Crippen LogP contribution in [0.1, 0.15) is 16.1 Å². The quantitative estimate of drug-likeness (QED) is 0.487. The van der Waals surface area contributed by atoms with Crippen molar-refractivity contribution in [1.82, 2.24) is 10.2 Å². The van der Waals surface area contributed by atoms with Crippen LogP contribution >= 0.6 is 12.2 Å². The summed E-state index contributed by atoms with van der Waals surface area (Å²) in [6.45, 7) is 0. The zero-order valence-corrected chi connectivity index (χ0v) is 9.27. The number of ketones is 1. The van der Waals surface area contributed by atoms with Gasteiger partial charge in [-0.1, -0.05) is 0 Å². The maximum Gasteiger partial charge on any atom is 0.233 e. The number of hydrogen-bond acceptors (Lipinski definition) is 5. The van der Waals surface area contributed by atoms with E-state index in [-0.39, 0.29) is 28.0 Å². The van der Waals surface area contributed by atoms with Crippen molar-refractivity contribution in [3.63, 3.8) is 0 Å². The number of azo groups is 1. The minimum Gasteiger partial charge on any atom is -0.461 e. The number of rotatable bonds is 3. The molecule has 3 N–H and O–H groups in total. The Hall–Kier alpha value is -2.35. The van der Waals surface area contributed by atoms with Crippen LogP contribution in [0.25, 0.3) is 0 Å². The third-order valence-electron chi connectivity index (χ3n) is 1.86. The second kappa shape index (κ2) is 4.66.